The molecule has 0 saturated heterocycles. The van der Waals surface area contributed by atoms with Crippen molar-refractivity contribution in [3.8, 4) is 0 Å². The largest absolute Gasteiger partial charge is 0.416 e. The lowest BCUT2D eigenvalue weighted by Crippen LogP contribution is -2.27. The van der Waals surface area contributed by atoms with Crippen LogP contribution in [0.2, 0.25) is 0 Å². The molecule has 1 fully saturated rings. The lowest BCUT2D eigenvalue weighted by Gasteiger charge is -2.24. The summed E-state index contributed by atoms with van der Waals surface area (Å²) in [6.45, 7) is 2.31. The third-order valence-electron chi connectivity index (χ3n) is 4.96. The smallest absolute Gasteiger partial charge is 0.362 e. The Hall–Kier alpha value is -3.30. The van der Waals surface area contributed by atoms with Gasteiger partial charge in [-0.1, -0.05) is 12.1 Å². The zero-order valence-electron chi connectivity index (χ0n) is 16.7. The Morgan fingerprint density at radius 1 is 1.03 bits per heavy atom. The van der Waals surface area contributed by atoms with E-state index in [-0.39, 0.29) is 30.8 Å². The predicted molar refractivity (Wildman–Crippen MR) is 107 cm³/mol. The molecule has 2 heterocycles. The van der Waals surface area contributed by atoms with Gasteiger partial charge in [-0.25, -0.2) is 9.97 Å². The molecule has 2 aromatic heterocycles. The molecule has 3 aromatic rings. The quantitative estimate of drug-likeness (QED) is 0.554. The zero-order valence-corrected chi connectivity index (χ0v) is 16.7. The Morgan fingerprint density at radius 3 is 2.39 bits per heavy atom. The second-order valence-corrected chi connectivity index (χ2v) is 7.43. The Kier molecular flexibility index (Phi) is 5.71. The van der Waals surface area contributed by atoms with Gasteiger partial charge >= 0.3 is 6.18 Å². The summed E-state index contributed by atoms with van der Waals surface area (Å²) in [5.41, 5.74) is 1.34. The van der Waals surface area contributed by atoms with Crippen LogP contribution in [-0.2, 0) is 19.3 Å². The molecule has 162 valence electrons. The number of nitrogens with one attached hydrogen (secondary N) is 1. The monoisotopic (exact) mass is 432 g/mol. The van der Waals surface area contributed by atoms with E-state index in [0.29, 0.717) is 11.3 Å². The van der Waals surface area contributed by atoms with Gasteiger partial charge in [-0.05, 0) is 49.6 Å². The van der Waals surface area contributed by atoms with Crippen LogP contribution in [0.4, 0.5) is 29.2 Å². The molecule has 1 saturated carbocycles. The molecule has 0 aliphatic heterocycles. The second kappa shape index (κ2) is 8.44. The van der Waals surface area contributed by atoms with Crippen molar-refractivity contribution in [3.63, 3.8) is 0 Å². The summed E-state index contributed by atoms with van der Waals surface area (Å²) in [4.78, 5) is 9.87. The molecule has 1 aromatic carbocycles. The molecule has 0 unspecified atom stereocenters. The van der Waals surface area contributed by atoms with E-state index < -0.39 is 17.6 Å². The number of rotatable bonds is 7. The number of nitrogens with zero attached hydrogens (tertiary/aromatic N) is 5. The number of benzene rings is 1. The minimum Gasteiger partial charge on any atom is -0.362 e. The van der Waals surface area contributed by atoms with Crippen LogP contribution >= 0.6 is 0 Å². The first-order chi connectivity index (χ1) is 14.8. The first kappa shape index (κ1) is 21.0. The highest BCUT2D eigenvalue weighted by Gasteiger charge is 2.33. The molecular formula is C21H20F4N6. The Labute approximate surface area is 176 Å². The van der Waals surface area contributed by atoms with Crippen LogP contribution in [0.15, 0.2) is 42.7 Å². The van der Waals surface area contributed by atoms with Crippen molar-refractivity contribution in [3.05, 3.63) is 71.1 Å². The van der Waals surface area contributed by atoms with Gasteiger partial charge in [-0.3, -0.25) is 0 Å². The van der Waals surface area contributed by atoms with Gasteiger partial charge in [-0.15, -0.1) is 0 Å². The van der Waals surface area contributed by atoms with Crippen molar-refractivity contribution in [1.82, 2.24) is 20.2 Å². The van der Waals surface area contributed by atoms with Crippen LogP contribution in [0.5, 0.6) is 0 Å². The van der Waals surface area contributed by atoms with E-state index in [1.165, 1.54) is 18.5 Å². The van der Waals surface area contributed by atoms with E-state index in [9.17, 15) is 13.2 Å². The number of alkyl halides is 3. The molecule has 4 rings (SSSR count). The molecule has 1 N–H and O–H groups in total. The molecule has 1 aliphatic rings. The van der Waals surface area contributed by atoms with E-state index in [1.54, 1.807) is 11.0 Å². The highest BCUT2D eigenvalue weighted by Crippen LogP contribution is 2.35. The van der Waals surface area contributed by atoms with Gasteiger partial charge in [0, 0.05) is 12.6 Å². The van der Waals surface area contributed by atoms with E-state index in [4.69, 9.17) is 0 Å². The Balaban J connectivity index is 1.52. The summed E-state index contributed by atoms with van der Waals surface area (Å²) >= 11 is 0. The van der Waals surface area contributed by atoms with E-state index >= 15 is 4.39 Å². The molecule has 0 bridgehead atoms. The highest BCUT2D eigenvalue weighted by atomic mass is 19.4. The summed E-state index contributed by atoms with van der Waals surface area (Å²) < 4.78 is 53.6. The molecule has 0 radical (unpaired) electrons. The summed E-state index contributed by atoms with van der Waals surface area (Å²) in [5.74, 6) is -0.457. The average Bonchev–Trinajstić information content (AvgIpc) is 3.58. The predicted octanol–water partition coefficient (Wildman–Crippen LogP) is 4.51. The molecular weight excluding hydrogens is 412 g/mol. The van der Waals surface area contributed by atoms with E-state index in [0.717, 1.165) is 30.7 Å². The van der Waals surface area contributed by atoms with Crippen LogP contribution in [0, 0.1) is 12.7 Å². The maximum atomic E-state index is 15.2. The standard InChI is InChI=1S/C21H20F4N6/c1-13-2-7-16(30-29-13)10-26-19-18(22)20(28-12-27-19)31(17-8-9-17)11-14-3-5-15(6-4-14)21(23,24)25/h2-7,12,17H,8-11H2,1H3,(H,26,27,28). The van der Waals surface area contributed by atoms with Gasteiger partial charge in [0.2, 0.25) is 5.82 Å². The normalized spacial score (nSPS) is 13.8. The van der Waals surface area contributed by atoms with Crippen LogP contribution in [0.3, 0.4) is 0 Å². The van der Waals surface area contributed by atoms with Gasteiger partial charge in [-0.2, -0.15) is 27.8 Å². The average molecular weight is 432 g/mol. The highest BCUT2D eigenvalue weighted by molar-refractivity contribution is 5.52. The second-order valence-electron chi connectivity index (χ2n) is 7.43. The molecule has 10 heteroatoms. The number of anilines is 2. The number of aryl methyl sites for hydroxylation is 1. The summed E-state index contributed by atoms with van der Waals surface area (Å²) in [6, 6.07) is 8.57. The fraction of sp³-hybridized carbons (Fsp3) is 0.333. The topological polar surface area (TPSA) is 66.8 Å². The Bertz CT molecular complexity index is 1030. The molecule has 0 atom stereocenters. The summed E-state index contributed by atoms with van der Waals surface area (Å²) in [7, 11) is 0. The van der Waals surface area contributed by atoms with Crippen LogP contribution in [-0.4, -0.2) is 26.2 Å². The van der Waals surface area contributed by atoms with Crippen molar-refractivity contribution in [2.24, 2.45) is 0 Å². The fourth-order valence-electron chi connectivity index (χ4n) is 3.14. The van der Waals surface area contributed by atoms with Crippen molar-refractivity contribution >= 4 is 11.6 Å². The van der Waals surface area contributed by atoms with E-state index in [2.05, 4.69) is 25.5 Å². The van der Waals surface area contributed by atoms with Crippen molar-refractivity contribution in [2.45, 2.75) is 45.1 Å². The third kappa shape index (κ3) is 5.07. The molecule has 0 spiro atoms. The van der Waals surface area contributed by atoms with Gasteiger partial charge in [0.1, 0.15) is 6.33 Å². The SMILES string of the molecule is Cc1ccc(CNc2ncnc(N(Cc3ccc(C(F)(F)F)cc3)C3CC3)c2F)nn1. The first-order valence-electron chi connectivity index (χ1n) is 9.77. The summed E-state index contributed by atoms with van der Waals surface area (Å²) in [5, 5.41) is 10.9. The van der Waals surface area contributed by atoms with Crippen LogP contribution in [0.1, 0.15) is 35.4 Å². The van der Waals surface area contributed by atoms with Crippen LogP contribution in [0.25, 0.3) is 0 Å². The zero-order chi connectivity index (χ0) is 22.0. The maximum absolute atomic E-state index is 15.2. The van der Waals surface area contributed by atoms with Gasteiger partial charge in [0.15, 0.2) is 11.6 Å². The van der Waals surface area contributed by atoms with Crippen molar-refractivity contribution in [2.75, 3.05) is 10.2 Å². The van der Waals surface area contributed by atoms with Crippen LogP contribution < -0.4 is 10.2 Å². The fourth-order valence-corrected chi connectivity index (χ4v) is 3.14. The lowest BCUT2D eigenvalue weighted by atomic mass is 10.1. The van der Waals surface area contributed by atoms with Gasteiger partial charge in [0.25, 0.3) is 0 Å². The van der Waals surface area contributed by atoms with Gasteiger partial charge < -0.3 is 10.2 Å². The molecule has 0 amide bonds. The third-order valence-corrected chi connectivity index (χ3v) is 4.96. The minimum atomic E-state index is -4.39. The molecule has 31 heavy (non-hydrogen) atoms. The minimum absolute atomic E-state index is 0.0328. The number of halogens is 4. The summed E-state index contributed by atoms with van der Waals surface area (Å²) in [6.07, 6.45) is -1.39. The number of hydrogen-bond donors (Lipinski definition) is 1. The van der Waals surface area contributed by atoms with Crippen molar-refractivity contribution < 1.29 is 17.6 Å². The first-order valence-corrected chi connectivity index (χ1v) is 9.77. The maximum Gasteiger partial charge on any atom is 0.416 e. The van der Waals surface area contributed by atoms with Crippen molar-refractivity contribution in [1.29, 1.82) is 0 Å². The van der Waals surface area contributed by atoms with E-state index in [1.807, 2.05) is 13.0 Å². The lowest BCUT2D eigenvalue weighted by molar-refractivity contribution is -0.137. The molecule has 1 aliphatic carbocycles. The number of aromatic nitrogens is 4. The van der Waals surface area contributed by atoms with Gasteiger partial charge in [0.05, 0.1) is 23.5 Å². The molecule has 6 nitrogen and oxygen atoms in total. The Morgan fingerprint density at radius 2 is 1.77 bits per heavy atom. The number of hydrogen-bond acceptors (Lipinski definition) is 6.